The number of carbonyl (C=O) groups is 1. The number of carbonyl (C=O) groups excluding carboxylic acids is 1. The van der Waals surface area contributed by atoms with Crippen LogP contribution in [0.4, 0.5) is 4.39 Å². The van der Waals surface area contributed by atoms with Crippen molar-refractivity contribution in [2.75, 3.05) is 5.75 Å². The van der Waals surface area contributed by atoms with Crippen LogP contribution in [-0.2, 0) is 11.2 Å². The van der Waals surface area contributed by atoms with Crippen LogP contribution in [0.1, 0.15) is 30.5 Å². The van der Waals surface area contributed by atoms with Crippen LogP contribution in [-0.4, -0.2) is 12.0 Å². The van der Waals surface area contributed by atoms with Crippen molar-refractivity contribution in [2.45, 2.75) is 32.1 Å². The number of benzene rings is 2. The van der Waals surface area contributed by atoms with Gasteiger partial charge in [-0.15, -0.1) is 11.8 Å². The van der Waals surface area contributed by atoms with Crippen LogP contribution < -0.4 is 0 Å². The summed E-state index contributed by atoms with van der Waals surface area (Å²) in [5, 5.41) is 0. The van der Waals surface area contributed by atoms with Crippen LogP contribution in [0, 0.1) is 18.2 Å². The van der Waals surface area contributed by atoms with E-state index in [9.17, 15) is 9.18 Å². The first-order valence-corrected chi connectivity index (χ1v) is 8.31. The molecule has 0 unspecified atom stereocenters. The summed E-state index contributed by atoms with van der Waals surface area (Å²) in [6.07, 6.45) is 1.67. The van der Waals surface area contributed by atoms with Gasteiger partial charge in [-0.25, -0.2) is 4.39 Å². The number of hydrogen-bond acceptors (Lipinski definition) is 2. The molecule has 22 heavy (non-hydrogen) atoms. The van der Waals surface area contributed by atoms with Gasteiger partial charge in [0.1, 0.15) is 12.1 Å². The van der Waals surface area contributed by atoms with Gasteiger partial charge in [0.05, 0.1) is 0 Å². The summed E-state index contributed by atoms with van der Waals surface area (Å²) in [4.78, 5) is 12.1. The predicted octanol–water partition coefficient (Wildman–Crippen LogP) is 5.04. The maximum absolute atomic E-state index is 13.6. The maximum atomic E-state index is 13.6. The molecule has 0 aliphatic heterocycles. The molecule has 2 aromatic carbocycles. The van der Waals surface area contributed by atoms with E-state index in [4.69, 9.17) is 0 Å². The fourth-order valence-corrected chi connectivity index (χ4v) is 3.24. The molecule has 0 aromatic heterocycles. The second-order valence-corrected chi connectivity index (χ2v) is 7.33. The second-order valence-electron chi connectivity index (χ2n) is 6.31. The topological polar surface area (TPSA) is 17.1 Å². The Morgan fingerprint density at radius 2 is 1.95 bits per heavy atom. The second kappa shape index (κ2) is 7.10. The lowest BCUT2D eigenvalue weighted by Gasteiger charge is -2.17. The van der Waals surface area contributed by atoms with Crippen LogP contribution in [0.15, 0.2) is 47.4 Å². The molecule has 0 radical (unpaired) electrons. The molecule has 0 saturated carbocycles. The van der Waals surface area contributed by atoms with Gasteiger partial charge in [-0.2, -0.15) is 0 Å². The summed E-state index contributed by atoms with van der Waals surface area (Å²) >= 11 is 1.61. The maximum Gasteiger partial charge on any atom is 0.126 e. The highest BCUT2D eigenvalue weighted by Gasteiger charge is 2.18. The van der Waals surface area contributed by atoms with Crippen molar-refractivity contribution in [3.05, 3.63) is 65.0 Å². The quantitative estimate of drug-likeness (QED) is 0.548. The zero-order valence-electron chi connectivity index (χ0n) is 13.2. The van der Waals surface area contributed by atoms with Crippen molar-refractivity contribution in [1.29, 1.82) is 0 Å². The summed E-state index contributed by atoms with van der Waals surface area (Å²) in [6, 6.07) is 13.1. The van der Waals surface area contributed by atoms with E-state index >= 15 is 0 Å². The lowest BCUT2D eigenvalue weighted by molar-refractivity contribution is -0.113. The molecule has 2 aromatic rings. The van der Waals surface area contributed by atoms with Crippen LogP contribution in [0.2, 0.25) is 0 Å². The van der Waals surface area contributed by atoms with Crippen molar-refractivity contribution in [3.8, 4) is 0 Å². The molecule has 0 fully saturated rings. The Kier molecular flexibility index (Phi) is 5.41. The van der Waals surface area contributed by atoms with Gasteiger partial charge in [0, 0.05) is 16.1 Å². The molecule has 0 atom stereocenters. The van der Waals surface area contributed by atoms with Crippen molar-refractivity contribution >= 4 is 18.0 Å². The Morgan fingerprint density at radius 1 is 1.18 bits per heavy atom. The lowest BCUT2D eigenvalue weighted by atomic mass is 10.00. The smallest absolute Gasteiger partial charge is 0.126 e. The van der Waals surface area contributed by atoms with Crippen LogP contribution in [0.3, 0.4) is 0 Å². The van der Waals surface area contributed by atoms with Crippen molar-refractivity contribution in [1.82, 2.24) is 0 Å². The van der Waals surface area contributed by atoms with Crippen molar-refractivity contribution in [3.63, 3.8) is 0 Å². The Morgan fingerprint density at radius 3 is 2.64 bits per heavy atom. The van der Waals surface area contributed by atoms with E-state index < -0.39 is 0 Å². The molecule has 0 aliphatic carbocycles. The Balaban J connectivity index is 2.22. The fourth-order valence-electron chi connectivity index (χ4n) is 2.17. The first-order chi connectivity index (χ1) is 10.4. The zero-order chi connectivity index (χ0) is 16.2. The number of hydrogen-bond donors (Lipinski definition) is 0. The Hall–Kier alpha value is -1.61. The highest BCUT2D eigenvalue weighted by molar-refractivity contribution is 7.99. The van der Waals surface area contributed by atoms with E-state index in [2.05, 4.69) is 25.1 Å². The number of halogens is 1. The summed E-state index contributed by atoms with van der Waals surface area (Å²) in [7, 11) is 0. The minimum atomic E-state index is -0.375. The van der Waals surface area contributed by atoms with Gasteiger partial charge < -0.3 is 4.79 Å². The zero-order valence-corrected chi connectivity index (χ0v) is 14.0. The van der Waals surface area contributed by atoms with E-state index in [1.807, 2.05) is 26.0 Å². The van der Waals surface area contributed by atoms with Crippen LogP contribution in [0.25, 0.3) is 0 Å². The molecule has 0 N–H and O–H groups in total. The highest BCUT2D eigenvalue weighted by atomic mass is 32.2. The SMILES string of the molecule is Cc1cccc(Cc2cc(F)ccc2SCC(C)(C)C=O)c1. The van der Waals surface area contributed by atoms with Crippen LogP contribution >= 0.6 is 11.8 Å². The standard InChI is InChI=1S/C19H21FOS/c1-14-5-4-6-15(9-14)10-16-11-17(20)7-8-18(16)22-13-19(2,3)12-21/h4-9,11-12H,10,13H2,1-3H3. The van der Waals surface area contributed by atoms with Gasteiger partial charge in [0.2, 0.25) is 0 Å². The summed E-state index contributed by atoms with van der Waals surface area (Å²) < 4.78 is 13.6. The van der Waals surface area contributed by atoms with Gasteiger partial charge >= 0.3 is 0 Å². The monoisotopic (exact) mass is 316 g/mol. The molecular weight excluding hydrogens is 295 g/mol. The van der Waals surface area contributed by atoms with E-state index in [1.165, 1.54) is 17.2 Å². The van der Waals surface area contributed by atoms with Crippen molar-refractivity contribution < 1.29 is 9.18 Å². The minimum absolute atomic E-state index is 0.221. The molecular formula is C19H21FOS. The number of aldehydes is 1. The average Bonchev–Trinajstić information content (AvgIpc) is 2.46. The summed E-state index contributed by atoms with van der Waals surface area (Å²) in [6.45, 7) is 5.88. The van der Waals surface area contributed by atoms with E-state index in [1.54, 1.807) is 17.8 Å². The number of thioether (sulfide) groups is 1. The van der Waals surface area contributed by atoms with Gasteiger partial charge in [-0.1, -0.05) is 43.7 Å². The lowest BCUT2D eigenvalue weighted by Crippen LogP contribution is -2.16. The summed E-state index contributed by atoms with van der Waals surface area (Å²) in [5.41, 5.74) is 2.96. The summed E-state index contributed by atoms with van der Waals surface area (Å²) in [5.74, 6) is 0.463. The van der Waals surface area contributed by atoms with Crippen LogP contribution in [0.5, 0.6) is 0 Å². The molecule has 0 spiro atoms. The molecule has 0 aliphatic rings. The first kappa shape index (κ1) is 16.8. The molecule has 116 valence electrons. The molecule has 0 saturated heterocycles. The molecule has 2 rings (SSSR count). The van der Waals surface area contributed by atoms with Crippen molar-refractivity contribution in [2.24, 2.45) is 5.41 Å². The van der Waals surface area contributed by atoms with E-state index in [0.717, 1.165) is 16.7 Å². The largest absolute Gasteiger partial charge is 0.303 e. The van der Waals surface area contributed by atoms with E-state index in [0.29, 0.717) is 12.2 Å². The number of aryl methyl sites for hydroxylation is 1. The normalized spacial score (nSPS) is 11.5. The Labute approximate surface area is 135 Å². The minimum Gasteiger partial charge on any atom is -0.303 e. The molecule has 3 heteroatoms. The van der Waals surface area contributed by atoms with Gasteiger partial charge in [-0.3, -0.25) is 0 Å². The average molecular weight is 316 g/mol. The Bertz CT molecular complexity index is 664. The van der Waals surface area contributed by atoms with E-state index in [-0.39, 0.29) is 11.2 Å². The third-order valence-corrected chi connectivity index (χ3v) is 5.02. The highest BCUT2D eigenvalue weighted by Crippen LogP contribution is 2.30. The fraction of sp³-hybridized carbons (Fsp3) is 0.316. The first-order valence-electron chi connectivity index (χ1n) is 7.33. The van der Waals surface area contributed by atoms with Gasteiger partial charge in [0.25, 0.3) is 0 Å². The third kappa shape index (κ3) is 4.70. The number of rotatable bonds is 6. The van der Waals surface area contributed by atoms with Gasteiger partial charge in [-0.05, 0) is 42.7 Å². The molecule has 0 bridgehead atoms. The third-order valence-electron chi connectivity index (χ3n) is 3.42. The van der Waals surface area contributed by atoms with Gasteiger partial charge in [0.15, 0.2) is 0 Å². The molecule has 0 amide bonds. The molecule has 0 heterocycles. The predicted molar refractivity (Wildman–Crippen MR) is 91.0 cm³/mol. The molecule has 1 nitrogen and oxygen atoms in total.